The Morgan fingerprint density at radius 2 is 1.73 bits per heavy atom. The molecule has 1 aliphatic rings. The highest BCUT2D eigenvalue weighted by Crippen LogP contribution is 2.29. The van der Waals surface area contributed by atoms with Crippen LogP contribution in [0.2, 0.25) is 0 Å². The van der Waals surface area contributed by atoms with Gasteiger partial charge in [-0.2, -0.15) is 0 Å². The predicted molar refractivity (Wildman–Crippen MR) is 65.9 cm³/mol. The van der Waals surface area contributed by atoms with E-state index in [1.165, 1.54) is 18.4 Å². The molecule has 1 aromatic rings. The van der Waals surface area contributed by atoms with Crippen molar-refractivity contribution in [2.24, 2.45) is 5.92 Å². The Bertz CT molecular complexity index is 334. The summed E-state index contributed by atoms with van der Waals surface area (Å²) in [6.07, 6.45) is 11.4. The summed E-state index contributed by atoms with van der Waals surface area (Å²) in [5.74, 6) is 1.35. The number of rotatable bonds is 4. The minimum absolute atomic E-state index is 0.648. The van der Waals surface area contributed by atoms with E-state index in [1.807, 2.05) is 0 Å². The maximum Gasteiger partial charge on any atom is -0.00415 e. The third-order valence-corrected chi connectivity index (χ3v) is 3.15. The van der Waals surface area contributed by atoms with Crippen molar-refractivity contribution in [3.8, 4) is 0 Å². The van der Waals surface area contributed by atoms with Crippen molar-refractivity contribution < 1.29 is 0 Å². The zero-order valence-corrected chi connectivity index (χ0v) is 9.27. The topological polar surface area (TPSA) is 0 Å². The van der Waals surface area contributed by atoms with E-state index < -0.39 is 0 Å². The molecule has 0 fully saturated rings. The summed E-state index contributed by atoms with van der Waals surface area (Å²) in [5.41, 5.74) is 1.48. The molecule has 0 heteroatoms. The Morgan fingerprint density at radius 3 is 2.33 bits per heavy atom. The summed E-state index contributed by atoms with van der Waals surface area (Å²) in [4.78, 5) is 0. The van der Waals surface area contributed by atoms with Gasteiger partial charge in [-0.1, -0.05) is 61.6 Å². The van der Waals surface area contributed by atoms with E-state index in [9.17, 15) is 0 Å². The van der Waals surface area contributed by atoms with E-state index in [-0.39, 0.29) is 0 Å². The molecule has 0 saturated carbocycles. The second-order valence-corrected chi connectivity index (χ2v) is 4.19. The Kier molecular flexibility index (Phi) is 3.39. The molecule has 0 spiro atoms. The van der Waals surface area contributed by atoms with E-state index in [2.05, 4.69) is 61.6 Å². The SMILES string of the molecule is CC[C@H](CC1C=CC=C1)c1ccccc1. The first-order chi connectivity index (χ1) is 7.40. The van der Waals surface area contributed by atoms with Crippen LogP contribution in [0.1, 0.15) is 31.2 Å². The van der Waals surface area contributed by atoms with E-state index in [0.29, 0.717) is 11.8 Å². The standard InChI is InChI=1S/C15H18/c1-2-14(12-13-8-6-7-9-13)15-10-4-3-5-11-15/h3-11,13-14H,2,12H2,1H3/t14-/m1/s1. The fourth-order valence-electron chi connectivity index (χ4n) is 2.23. The van der Waals surface area contributed by atoms with Crippen LogP contribution in [0.4, 0.5) is 0 Å². The summed E-state index contributed by atoms with van der Waals surface area (Å²) in [5, 5.41) is 0. The van der Waals surface area contributed by atoms with Crippen molar-refractivity contribution in [2.75, 3.05) is 0 Å². The second-order valence-electron chi connectivity index (χ2n) is 4.19. The molecule has 0 aromatic heterocycles. The molecule has 1 aromatic carbocycles. The lowest BCUT2D eigenvalue weighted by Gasteiger charge is -2.17. The molecule has 1 aliphatic carbocycles. The minimum Gasteiger partial charge on any atom is -0.0776 e. The summed E-state index contributed by atoms with van der Waals surface area (Å²) in [6, 6.07) is 10.9. The van der Waals surface area contributed by atoms with Crippen molar-refractivity contribution in [1.29, 1.82) is 0 Å². The van der Waals surface area contributed by atoms with Crippen LogP contribution in [-0.4, -0.2) is 0 Å². The highest BCUT2D eigenvalue weighted by molar-refractivity contribution is 5.23. The number of hydrogen-bond donors (Lipinski definition) is 0. The maximum absolute atomic E-state index is 2.30. The first-order valence-electron chi connectivity index (χ1n) is 5.80. The number of allylic oxidation sites excluding steroid dienone is 4. The third-order valence-electron chi connectivity index (χ3n) is 3.15. The largest absolute Gasteiger partial charge is 0.0776 e. The van der Waals surface area contributed by atoms with Crippen molar-refractivity contribution in [1.82, 2.24) is 0 Å². The smallest absolute Gasteiger partial charge is 0.00415 e. The Labute approximate surface area is 92.3 Å². The average Bonchev–Trinajstić information content (AvgIpc) is 2.80. The van der Waals surface area contributed by atoms with E-state index >= 15 is 0 Å². The van der Waals surface area contributed by atoms with E-state index in [4.69, 9.17) is 0 Å². The van der Waals surface area contributed by atoms with Gasteiger partial charge in [-0.05, 0) is 30.2 Å². The molecule has 0 aliphatic heterocycles. The van der Waals surface area contributed by atoms with Crippen molar-refractivity contribution >= 4 is 0 Å². The molecule has 78 valence electrons. The fraction of sp³-hybridized carbons (Fsp3) is 0.333. The monoisotopic (exact) mass is 198 g/mol. The zero-order valence-electron chi connectivity index (χ0n) is 9.27. The van der Waals surface area contributed by atoms with Gasteiger partial charge in [0.25, 0.3) is 0 Å². The van der Waals surface area contributed by atoms with E-state index in [0.717, 1.165) is 0 Å². The number of hydrogen-bond acceptors (Lipinski definition) is 0. The second kappa shape index (κ2) is 4.97. The van der Waals surface area contributed by atoms with Gasteiger partial charge in [-0.25, -0.2) is 0 Å². The summed E-state index contributed by atoms with van der Waals surface area (Å²) in [7, 11) is 0. The lowest BCUT2D eigenvalue weighted by molar-refractivity contribution is 0.557. The molecule has 0 radical (unpaired) electrons. The first-order valence-corrected chi connectivity index (χ1v) is 5.80. The van der Waals surface area contributed by atoms with Crippen LogP contribution < -0.4 is 0 Å². The van der Waals surface area contributed by atoms with Crippen molar-refractivity contribution in [3.05, 3.63) is 60.2 Å². The molecule has 0 N–H and O–H groups in total. The lowest BCUT2D eigenvalue weighted by atomic mass is 9.87. The van der Waals surface area contributed by atoms with Crippen molar-refractivity contribution in [2.45, 2.75) is 25.7 Å². The molecule has 0 amide bonds. The highest BCUT2D eigenvalue weighted by atomic mass is 14.2. The van der Waals surface area contributed by atoms with Crippen LogP contribution in [0.5, 0.6) is 0 Å². The van der Waals surface area contributed by atoms with Gasteiger partial charge in [-0.15, -0.1) is 0 Å². The van der Waals surface area contributed by atoms with Gasteiger partial charge in [0.15, 0.2) is 0 Å². The molecule has 2 rings (SSSR count). The fourth-order valence-corrected chi connectivity index (χ4v) is 2.23. The van der Waals surface area contributed by atoms with Gasteiger partial charge in [0, 0.05) is 0 Å². The van der Waals surface area contributed by atoms with Crippen LogP contribution in [0.3, 0.4) is 0 Å². The summed E-state index contributed by atoms with van der Waals surface area (Å²) < 4.78 is 0. The molecule has 15 heavy (non-hydrogen) atoms. The van der Waals surface area contributed by atoms with Crippen LogP contribution >= 0.6 is 0 Å². The third kappa shape index (κ3) is 2.59. The van der Waals surface area contributed by atoms with Gasteiger partial charge >= 0.3 is 0 Å². The molecule has 0 nitrogen and oxygen atoms in total. The summed E-state index contributed by atoms with van der Waals surface area (Å²) in [6.45, 7) is 2.28. The Morgan fingerprint density at radius 1 is 1.07 bits per heavy atom. The zero-order chi connectivity index (χ0) is 10.5. The molecule has 1 atom stereocenters. The minimum atomic E-state index is 0.648. The first kappa shape index (κ1) is 10.2. The molecule has 0 heterocycles. The lowest BCUT2D eigenvalue weighted by Crippen LogP contribution is -2.02. The van der Waals surface area contributed by atoms with Gasteiger partial charge in [0.1, 0.15) is 0 Å². The van der Waals surface area contributed by atoms with Crippen LogP contribution in [0.25, 0.3) is 0 Å². The highest BCUT2D eigenvalue weighted by Gasteiger charge is 2.13. The van der Waals surface area contributed by atoms with Crippen LogP contribution in [0, 0.1) is 5.92 Å². The van der Waals surface area contributed by atoms with E-state index in [1.54, 1.807) is 0 Å². The van der Waals surface area contributed by atoms with Gasteiger partial charge in [0.05, 0.1) is 0 Å². The van der Waals surface area contributed by atoms with Gasteiger partial charge in [-0.3, -0.25) is 0 Å². The predicted octanol–water partition coefficient (Wildman–Crippen LogP) is 4.31. The molecular weight excluding hydrogens is 180 g/mol. The van der Waals surface area contributed by atoms with Crippen LogP contribution in [0.15, 0.2) is 54.6 Å². The summed E-state index contributed by atoms with van der Waals surface area (Å²) >= 11 is 0. The normalized spacial score (nSPS) is 17.1. The maximum atomic E-state index is 2.30. The molecule has 0 saturated heterocycles. The van der Waals surface area contributed by atoms with Gasteiger partial charge < -0.3 is 0 Å². The van der Waals surface area contributed by atoms with Crippen LogP contribution in [-0.2, 0) is 0 Å². The quantitative estimate of drug-likeness (QED) is 0.676. The van der Waals surface area contributed by atoms with Crippen molar-refractivity contribution in [3.63, 3.8) is 0 Å². The molecule has 0 bridgehead atoms. The molecular formula is C15H18. The van der Waals surface area contributed by atoms with Gasteiger partial charge in [0.2, 0.25) is 0 Å². The Hall–Kier alpha value is -1.30. The molecule has 0 unspecified atom stereocenters. The average molecular weight is 198 g/mol. The Balaban J connectivity index is 2.04. The number of benzene rings is 1.